The molecule has 4 amide bonds. The zero-order valence-corrected chi connectivity index (χ0v) is 24.4. The van der Waals surface area contributed by atoms with E-state index in [0.717, 1.165) is 48.6 Å². The van der Waals surface area contributed by atoms with Gasteiger partial charge in [0, 0.05) is 42.9 Å². The molecule has 1 aromatic heterocycles. The molecule has 5 rings (SSSR count). The third kappa shape index (κ3) is 7.31. The van der Waals surface area contributed by atoms with E-state index in [9.17, 15) is 24.0 Å². The number of carbonyl (C=O) groups is 5. The van der Waals surface area contributed by atoms with Crippen molar-refractivity contribution < 1.29 is 24.0 Å². The van der Waals surface area contributed by atoms with E-state index >= 15 is 0 Å². The number of nitrogens with zero attached hydrogens (tertiary/aromatic N) is 1. The van der Waals surface area contributed by atoms with Gasteiger partial charge in [0.05, 0.1) is 6.04 Å². The molecule has 1 saturated heterocycles. The van der Waals surface area contributed by atoms with Crippen LogP contribution in [0.25, 0.3) is 10.9 Å². The lowest BCUT2D eigenvalue weighted by Crippen LogP contribution is -2.56. The van der Waals surface area contributed by atoms with E-state index < -0.39 is 41.5 Å². The lowest BCUT2D eigenvalue weighted by molar-refractivity contribution is -0.141. The van der Waals surface area contributed by atoms with E-state index in [0.29, 0.717) is 18.7 Å². The Labute approximate surface area is 251 Å². The number of Topliss-reactive ketones (excluding diaryl/α,β-unsaturated/α-hetero) is 1. The van der Waals surface area contributed by atoms with Crippen molar-refractivity contribution in [1.82, 2.24) is 25.8 Å². The van der Waals surface area contributed by atoms with Gasteiger partial charge in [0.25, 0.3) is 11.8 Å². The minimum atomic E-state index is -1.21. The van der Waals surface area contributed by atoms with E-state index in [4.69, 9.17) is 0 Å². The molecule has 2 fully saturated rings. The van der Waals surface area contributed by atoms with Crippen molar-refractivity contribution >= 4 is 40.3 Å². The predicted molar refractivity (Wildman–Crippen MR) is 162 cm³/mol. The van der Waals surface area contributed by atoms with Crippen molar-refractivity contribution in [2.75, 3.05) is 6.54 Å². The molecule has 4 N–H and O–H groups in total. The molecule has 0 bridgehead atoms. The molecule has 3 atom stereocenters. The van der Waals surface area contributed by atoms with Crippen LogP contribution in [0.15, 0.2) is 60.7 Å². The summed E-state index contributed by atoms with van der Waals surface area (Å²) in [6.45, 7) is 0.477. The van der Waals surface area contributed by atoms with Crippen LogP contribution in [0.4, 0.5) is 0 Å². The van der Waals surface area contributed by atoms with Gasteiger partial charge in [0.2, 0.25) is 17.6 Å². The molecule has 43 heavy (non-hydrogen) atoms. The molecule has 0 unspecified atom stereocenters. The molecule has 2 aliphatic rings. The maximum absolute atomic E-state index is 13.8. The molecule has 0 radical (unpaired) electrons. The summed E-state index contributed by atoms with van der Waals surface area (Å²) >= 11 is 0. The van der Waals surface area contributed by atoms with Crippen LogP contribution in [0.2, 0.25) is 0 Å². The molecule has 2 heterocycles. The molecular weight excluding hydrogens is 546 g/mol. The number of fused-ring (bicyclic) bond motifs is 1. The molecule has 1 saturated carbocycles. The van der Waals surface area contributed by atoms with E-state index in [1.165, 1.54) is 0 Å². The molecule has 10 nitrogen and oxygen atoms in total. The minimum Gasteiger partial charge on any atom is -0.356 e. The van der Waals surface area contributed by atoms with Crippen molar-refractivity contribution in [3.63, 3.8) is 0 Å². The number of nitrogens with one attached hydrogen (secondary N) is 4. The smallest absolute Gasteiger partial charge is 0.289 e. The summed E-state index contributed by atoms with van der Waals surface area (Å²) in [6.07, 6.45) is 5.36. The minimum absolute atomic E-state index is 0.00367. The molecule has 1 aliphatic heterocycles. The van der Waals surface area contributed by atoms with Crippen molar-refractivity contribution in [2.45, 2.75) is 69.5 Å². The Hall–Kier alpha value is -4.47. The van der Waals surface area contributed by atoms with Crippen LogP contribution in [0.5, 0.6) is 0 Å². The average Bonchev–Trinajstić information content (AvgIpc) is 3.59. The molecular formula is C33H39N5O5. The second-order valence-electron chi connectivity index (χ2n) is 11.6. The van der Waals surface area contributed by atoms with Gasteiger partial charge in [-0.25, -0.2) is 0 Å². The van der Waals surface area contributed by atoms with E-state index in [2.05, 4.69) is 21.3 Å². The van der Waals surface area contributed by atoms with Crippen molar-refractivity contribution in [3.8, 4) is 0 Å². The highest BCUT2D eigenvalue weighted by molar-refractivity contribution is 6.38. The number of amides is 4. The van der Waals surface area contributed by atoms with Crippen LogP contribution in [0, 0.1) is 5.92 Å². The molecule has 10 heteroatoms. The number of aromatic nitrogens is 1. The highest BCUT2D eigenvalue weighted by Gasteiger charge is 2.36. The van der Waals surface area contributed by atoms with Gasteiger partial charge < -0.3 is 25.8 Å². The highest BCUT2D eigenvalue weighted by atomic mass is 16.2. The molecule has 3 aromatic rings. The van der Waals surface area contributed by atoms with Gasteiger partial charge in [-0.1, -0.05) is 67.8 Å². The summed E-state index contributed by atoms with van der Waals surface area (Å²) in [5, 5.41) is 12.1. The molecule has 0 spiro atoms. The SMILES string of the molecule is Cn1c(C(=O)N[C@@H](Cc2ccccc2)C(=O)N[C@@H](C[C@@H]2CCNC2=O)C(=O)C(=O)NC2CCCCC2)cc2ccccc21. The second-order valence-corrected chi connectivity index (χ2v) is 11.6. The molecule has 226 valence electrons. The fourth-order valence-corrected chi connectivity index (χ4v) is 6.12. The quantitative estimate of drug-likeness (QED) is 0.256. The second kappa shape index (κ2) is 13.7. The van der Waals surface area contributed by atoms with Gasteiger partial charge >= 0.3 is 0 Å². The number of para-hydroxylation sites is 1. The Morgan fingerprint density at radius 1 is 0.907 bits per heavy atom. The summed E-state index contributed by atoms with van der Waals surface area (Å²) in [6, 6.07) is 16.3. The number of carbonyl (C=O) groups excluding carboxylic acids is 5. The fraction of sp³-hybridized carbons (Fsp3) is 0.424. The zero-order valence-electron chi connectivity index (χ0n) is 24.4. The summed E-state index contributed by atoms with van der Waals surface area (Å²) in [4.78, 5) is 66.3. The Kier molecular flexibility index (Phi) is 9.54. The lowest BCUT2D eigenvalue weighted by Gasteiger charge is -2.26. The number of hydrogen-bond donors (Lipinski definition) is 4. The van der Waals surface area contributed by atoms with Crippen molar-refractivity contribution in [1.29, 1.82) is 0 Å². The van der Waals surface area contributed by atoms with E-state index in [1.54, 1.807) is 17.7 Å². The number of aryl methyl sites for hydroxylation is 1. The predicted octanol–water partition coefficient (Wildman–Crippen LogP) is 2.55. The summed E-state index contributed by atoms with van der Waals surface area (Å²) in [5.74, 6) is -3.28. The molecule has 1 aliphatic carbocycles. The third-order valence-electron chi connectivity index (χ3n) is 8.57. The first-order chi connectivity index (χ1) is 20.8. The monoisotopic (exact) mass is 585 g/mol. The van der Waals surface area contributed by atoms with Crippen molar-refractivity contribution in [2.24, 2.45) is 13.0 Å². The fourth-order valence-electron chi connectivity index (χ4n) is 6.12. The van der Waals surface area contributed by atoms with Gasteiger partial charge in [0.1, 0.15) is 11.7 Å². The van der Waals surface area contributed by atoms with Crippen molar-refractivity contribution in [3.05, 3.63) is 71.9 Å². The normalized spacial score (nSPS) is 18.4. The van der Waals surface area contributed by atoms with Gasteiger partial charge in [-0.05, 0) is 43.4 Å². The van der Waals surface area contributed by atoms with Crippen LogP contribution in [-0.4, -0.2) is 58.6 Å². The Bertz CT molecular complexity index is 1490. The number of ketones is 1. The first-order valence-corrected chi connectivity index (χ1v) is 15.1. The Balaban J connectivity index is 1.36. The topological polar surface area (TPSA) is 138 Å². The molecule has 2 aromatic carbocycles. The summed E-state index contributed by atoms with van der Waals surface area (Å²) in [7, 11) is 1.79. The largest absolute Gasteiger partial charge is 0.356 e. The Morgan fingerprint density at radius 2 is 1.63 bits per heavy atom. The van der Waals surface area contributed by atoms with Gasteiger partial charge in [-0.15, -0.1) is 0 Å². The van der Waals surface area contributed by atoms with Crippen LogP contribution < -0.4 is 21.3 Å². The van der Waals surface area contributed by atoms with Crippen LogP contribution in [-0.2, 0) is 32.6 Å². The van der Waals surface area contributed by atoms with E-state index in [-0.39, 0.29) is 24.8 Å². The lowest BCUT2D eigenvalue weighted by atomic mass is 9.93. The number of hydrogen-bond acceptors (Lipinski definition) is 5. The maximum Gasteiger partial charge on any atom is 0.289 e. The maximum atomic E-state index is 13.8. The standard InChI is InChI=1S/C33H39N5O5/c1-38-27-15-9-8-12-22(27)20-28(38)32(42)37-26(18-21-10-4-2-5-11-21)31(41)36-25(19-23-16-17-34-30(23)40)29(39)33(43)35-24-13-6-3-7-14-24/h2,4-5,8-12,15,20,23-26H,3,6-7,13-14,16-19H2,1H3,(H,34,40)(H,35,43)(H,36,41)(H,37,42)/t23-,25-,26-/m0/s1. The summed E-state index contributed by atoms with van der Waals surface area (Å²) in [5.41, 5.74) is 2.07. The average molecular weight is 586 g/mol. The number of rotatable bonds is 11. The third-order valence-corrected chi connectivity index (χ3v) is 8.57. The zero-order chi connectivity index (χ0) is 30.3. The van der Waals surface area contributed by atoms with Gasteiger partial charge in [-0.2, -0.15) is 0 Å². The van der Waals surface area contributed by atoms with Gasteiger partial charge in [0.15, 0.2) is 0 Å². The summed E-state index contributed by atoms with van der Waals surface area (Å²) < 4.78 is 1.77. The highest BCUT2D eigenvalue weighted by Crippen LogP contribution is 2.21. The van der Waals surface area contributed by atoms with Gasteiger partial charge in [-0.3, -0.25) is 24.0 Å². The van der Waals surface area contributed by atoms with E-state index in [1.807, 2.05) is 54.6 Å². The van der Waals surface area contributed by atoms with Crippen LogP contribution in [0.1, 0.15) is 61.0 Å². The van der Waals surface area contributed by atoms with Crippen LogP contribution in [0.3, 0.4) is 0 Å². The Morgan fingerprint density at radius 3 is 2.33 bits per heavy atom. The first-order valence-electron chi connectivity index (χ1n) is 15.1. The van der Waals surface area contributed by atoms with Crippen LogP contribution >= 0.6 is 0 Å². The first kappa shape index (κ1) is 30.0. The number of benzene rings is 2.